The van der Waals surface area contributed by atoms with Crippen LogP contribution in [0.2, 0.25) is 0 Å². The van der Waals surface area contributed by atoms with Crippen molar-refractivity contribution in [3.8, 4) is 0 Å². The summed E-state index contributed by atoms with van der Waals surface area (Å²) in [5.74, 6) is 2.49. The lowest BCUT2D eigenvalue weighted by atomic mass is 9.60. The summed E-state index contributed by atoms with van der Waals surface area (Å²) >= 11 is 0. The Labute approximate surface area is 133 Å². The molecular formula is C20H24N2. The van der Waals surface area contributed by atoms with E-state index in [1.165, 1.54) is 36.0 Å². The van der Waals surface area contributed by atoms with E-state index in [4.69, 9.17) is 0 Å². The van der Waals surface area contributed by atoms with Crippen molar-refractivity contribution in [1.29, 1.82) is 0 Å². The molecule has 4 rings (SSSR count). The lowest BCUT2D eigenvalue weighted by Crippen LogP contribution is -2.54. The van der Waals surface area contributed by atoms with E-state index in [-0.39, 0.29) is 0 Å². The summed E-state index contributed by atoms with van der Waals surface area (Å²) in [5, 5.41) is 3.87. The van der Waals surface area contributed by atoms with Gasteiger partial charge in [-0.1, -0.05) is 36.8 Å². The molecule has 114 valence electrons. The van der Waals surface area contributed by atoms with Gasteiger partial charge in [-0.25, -0.2) is 0 Å². The highest BCUT2D eigenvalue weighted by Crippen LogP contribution is 2.55. The summed E-state index contributed by atoms with van der Waals surface area (Å²) < 4.78 is 0. The van der Waals surface area contributed by atoms with Crippen LogP contribution in [0.4, 0.5) is 0 Å². The fourth-order valence-electron chi connectivity index (χ4n) is 4.63. The Balaban J connectivity index is 1.51. The van der Waals surface area contributed by atoms with Crippen molar-refractivity contribution in [2.24, 2.45) is 11.8 Å². The van der Waals surface area contributed by atoms with Crippen LogP contribution in [0.1, 0.15) is 41.9 Å². The largest absolute Gasteiger partial charge is 0.309 e. The average molecular weight is 292 g/mol. The minimum atomic E-state index is 0.641. The van der Waals surface area contributed by atoms with E-state index in [0.717, 1.165) is 18.4 Å². The predicted octanol–water partition coefficient (Wildman–Crippen LogP) is 4.06. The number of nitrogens with zero attached hydrogens (tertiary/aromatic N) is 1. The van der Waals surface area contributed by atoms with Crippen molar-refractivity contribution in [3.05, 3.63) is 65.5 Å². The van der Waals surface area contributed by atoms with Crippen molar-refractivity contribution < 1.29 is 0 Å². The zero-order valence-electron chi connectivity index (χ0n) is 13.2. The van der Waals surface area contributed by atoms with E-state index in [1.807, 2.05) is 12.4 Å². The molecular weight excluding hydrogens is 268 g/mol. The van der Waals surface area contributed by atoms with Crippen molar-refractivity contribution in [2.75, 3.05) is 0 Å². The summed E-state index contributed by atoms with van der Waals surface area (Å²) in [7, 11) is 0. The molecule has 2 aliphatic carbocycles. The van der Waals surface area contributed by atoms with Gasteiger partial charge in [0.05, 0.1) is 0 Å². The van der Waals surface area contributed by atoms with Gasteiger partial charge >= 0.3 is 0 Å². The number of aromatic nitrogens is 1. The van der Waals surface area contributed by atoms with Crippen molar-refractivity contribution in [2.45, 2.75) is 44.7 Å². The third-order valence-electron chi connectivity index (χ3n) is 5.78. The molecule has 1 heterocycles. The van der Waals surface area contributed by atoms with Crippen LogP contribution in [0, 0.1) is 18.8 Å². The second kappa shape index (κ2) is 5.85. The first-order valence-corrected chi connectivity index (χ1v) is 8.52. The van der Waals surface area contributed by atoms with Crippen molar-refractivity contribution >= 4 is 0 Å². The lowest BCUT2D eigenvalue weighted by molar-refractivity contribution is 0.0940. The monoisotopic (exact) mass is 292 g/mol. The van der Waals surface area contributed by atoms with Gasteiger partial charge in [-0.3, -0.25) is 4.98 Å². The summed E-state index contributed by atoms with van der Waals surface area (Å²) in [5.41, 5.74) is 4.19. The smallest absolute Gasteiger partial charge is 0.0300 e. The van der Waals surface area contributed by atoms with Crippen LogP contribution in [0.5, 0.6) is 0 Å². The standard InChI is InChI=1S/C20H24N2/c1-14-12-21-11-10-16(14)13-22-20-18-9-5-8-17(18)19(20)15-6-3-2-4-7-15/h2-4,6-7,10-12,17-20,22H,5,8-9,13H2,1H3/t17-,18-,19-,20-/m1/s1. The van der Waals surface area contributed by atoms with E-state index in [0.29, 0.717) is 12.0 Å². The van der Waals surface area contributed by atoms with E-state index in [9.17, 15) is 0 Å². The fraction of sp³-hybridized carbons (Fsp3) is 0.450. The molecule has 0 saturated heterocycles. The summed E-state index contributed by atoms with van der Waals surface area (Å²) in [6.07, 6.45) is 8.09. The van der Waals surface area contributed by atoms with Crippen LogP contribution < -0.4 is 5.32 Å². The normalized spacial score (nSPS) is 29.9. The maximum Gasteiger partial charge on any atom is 0.0300 e. The third kappa shape index (κ3) is 2.36. The number of hydrogen-bond donors (Lipinski definition) is 1. The third-order valence-corrected chi connectivity index (χ3v) is 5.78. The second-order valence-electron chi connectivity index (χ2n) is 6.90. The van der Waals surface area contributed by atoms with Gasteiger partial charge < -0.3 is 5.32 Å². The Morgan fingerprint density at radius 3 is 2.73 bits per heavy atom. The molecule has 0 unspecified atom stereocenters. The molecule has 1 aromatic carbocycles. The first-order chi connectivity index (χ1) is 10.8. The van der Waals surface area contributed by atoms with Gasteiger partial charge in [0.1, 0.15) is 0 Å². The number of hydrogen-bond acceptors (Lipinski definition) is 2. The number of aryl methyl sites for hydroxylation is 1. The Morgan fingerprint density at radius 2 is 1.91 bits per heavy atom. The quantitative estimate of drug-likeness (QED) is 0.919. The Kier molecular flexibility index (Phi) is 3.71. The van der Waals surface area contributed by atoms with Crippen LogP contribution in [-0.2, 0) is 6.54 Å². The highest BCUT2D eigenvalue weighted by atomic mass is 15.0. The Morgan fingerprint density at radius 1 is 1.09 bits per heavy atom. The first kappa shape index (κ1) is 14.0. The highest BCUT2D eigenvalue weighted by molar-refractivity contribution is 5.29. The SMILES string of the molecule is Cc1cnccc1CN[C@@H]1[C@@H]2CCC[C@H]2[C@H]1c1ccccc1. The number of benzene rings is 1. The Hall–Kier alpha value is -1.67. The van der Waals surface area contributed by atoms with Crippen LogP contribution in [0.15, 0.2) is 48.8 Å². The van der Waals surface area contributed by atoms with Gasteiger partial charge in [0, 0.05) is 30.9 Å². The van der Waals surface area contributed by atoms with Gasteiger partial charge in [0.2, 0.25) is 0 Å². The second-order valence-corrected chi connectivity index (χ2v) is 6.90. The van der Waals surface area contributed by atoms with E-state index in [2.05, 4.69) is 53.6 Å². The highest BCUT2D eigenvalue weighted by Gasteiger charge is 2.52. The van der Waals surface area contributed by atoms with E-state index >= 15 is 0 Å². The van der Waals surface area contributed by atoms with Gasteiger partial charge in [-0.15, -0.1) is 0 Å². The zero-order chi connectivity index (χ0) is 14.9. The number of nitrogens with one attached hydrogen (secondary N) is 1. The molecule has 0 bridgehead atoms. The molecule has 2 saturated carbocycles. The molecule has 22 heavy (non-hydrogen) atoms. The molecule has 0 radical (unpaired) electrons. The maximum absolute atomic E-state index is 4.19. The summed E-state index contributed by atoms with van der Waals surface area (Å²) in [6.45, 7) is 3.11. The van der Waals surface area contributed by atoms with Gasteiger partial charge in [0.25, 0.3) is 0 Å². The van der Waals surface area contributed by atoms with Crippen LogP contribution in [0.3, 0.4) is 0 Å². The lowest BCUT2D eigenvalue weighted by Gasteiger charge is -2.50. The van der Waals surface area contributed by atoms with E-state index < -0.39 is 0 Å². The summed E-state index contributed by atoms with van der Waals surface area (Å²) in [4.78, 5) is 4.19. The molecule has 1 aromatic heterocycles. The van der Waals surface area contributed by atoms with Crippen LogP contribution in [0.25, 0.3) is 0 Å². The number of rotatable bonds is 4. The molecule has 0 spiro atoms. The topological polar surface area (TPSA) is 24.9 Å². The van der Waals surface area contributed by atoms with Gasteiger partial charge in [0.15, 0.2) is 0 Å². The van der Waals surface area contributed by atoms with Crippen LogP contribution in [-0.4, -0.2) is 11.0 Å². The molecule has 2 nitrogen and oxygen atoms in total. The van der Waals surface area contributed by atoms with Crippen molar-refractivity contribution in [1.82, 2.24) is 10.3 Å². The maximum atomic E-state index is 4.19. The predicted molar refractivity (Wildman–Crippen MR) is 89.6 cm³/mol. The first-order valence-electron chi connectivity index (χ1n) is 8.52. The molecule has 2 aromatic rings. The molecule has 0 aliphatic heterocycles. The minimum Gasteiger partial charge on any atom is -0.309 e. The minimum absolute atomic E-state index is 0.641. The molecule has 2 fully saturated rings. The van der Waals surface area contributed by atoms with Crippen LogP contribution >= 0.6 is 0 Å². The average Bonchev–Trinajstić information content (AvgIpc) is 2.94. The zero-order valence-corrected chi connectivity index (χ0v) is 13.2. The summed E-state index contributed by atoms with van der Waals surface area (Å²) in [6, 6.07) is 13.9. The molecule has 1 N–H and O–H groups in total. The molecule has 2 heteroatoms. The number of fused-ring (bicyclic) bond motifs is 1. The molecule has 2 aliphatic rings. The molecule has 4 atom stereocenters. The van der Waals surface area contributed by atoms with E-state index in [1.54, 1.807) is 0 Å². The Bertz CT molecular complexity index is 637. The van der Waals surface area contributed by atoms with Crippen molar-refractivity contribution in [3.63, 3.8) is 0 Å². The van der Waals surface area contributed by atoms with Gasteiger partial charge in [-0.05, 0) is 54.4 Å². The van der Waals surface area contributed by atoms with Gasteiger partial charge in [-0.2, -0.15) is 0 Å². The fourth-order valence-corrected chi connectivity index (χ4v) is 4.63. The molecule has 0 amide bonds. The number of pyridine rings is 1.